The van der Waals surface area contributed by atoms with Crippen LogP contribution < -0.4 is 0 Å². The fraction of sp³-hybridized carbons (Fsp3) is 0.250. The predicted octanol–water partition coefficient (Wildman–Crippen LogP) is 6.16. The molecule has 4 rings (SSSR count). The van der Waals surface area contributed by atoms with Gasteiger partial charge in [0.1, 0.15) is 38.0 Å². The van der Waals surface area contributed by atoms with E-state index in [1.807, 2.05) is 121 Å². The molecule has 200 valence electrons. The Hall–Kier alpha value is -3.36. The van der Waals surface area contributed by atoms with E-state index in [9.17, 15) is 10.2 Å². The van der Waals surface area contributed by atoms with E-state index < -0.39 is 24.4 Å². The van der Waals surface area contributed by atoms with E-state index in [1.165, 1.54) is 0 Å². The Bertz CT molecular complexity index is 1030. The normalized spacial score (nSPS) is 14.0. The molecule has 2 N–H and O–H groups in total. The van der Waals surface area contributed by atoms with Crippen molar-refractivity contribution in [2.75, 3.05) is 27.8 Å². The highest BCUT2D eigenvalue weighted by Crippen LogP contribution is 2.33. The minimum atomic E-state index is -0.723. The molecule has 0 amide bonds. The smallest absolute Gasteiger partial charge is 0.147 e. The minimum Gasteiger partial charge on any atom is -0.385 e. The van der Waals surface area contributed by atoms with Crippen molar-refractivity contribution < 1.29 is 29.2 Å². The van der Waals surface area contributed by atoms with Crippen LogP contribution in [0.5, 0.6) is 0 Å². The van der Waals surface area contributed by atoms with Crippen molar-refractivity contribution >= 4 is 0 Å². The molecule has 0 bridgehead atoms. The molecule has 4 aromatic rings. The van der Waals surface area contributed by atoms with Gasteiger partial charge < -0.3 is 29.2 Å². The zero-order chi connectivity index (χ0) is 27.0. The lowest BCUT2D eigenvalue weighted by atomic mass is 9.98. The van der Waals surface area contributed by atoms with Gasteiger partial charge in [-0.1, -0.05) is 121 Å². The number of ether oxygens (including phenoxy) is 4. The molecule has 0 aliphatic carbocycles. The van der Waals surface area contributed by atoms with Gasteiger partial charge >= 0.3 is 0 Å². The van der Waals surface area contributed by atoms with Crippen LogP contribution in [-0.4, -0.2) is 38.0 Å². The zero-order valence-corrected chi connectivity index (χ0v) is 21.8. The van der Waals surface area contributed by atoms with E-state index in [0.29, 0.717) is 0 Å². The van der Waals surface area contributed by atoms with Crippen molar-refractivity contribution in [2.45, 2.75) is 24.4 Å². The fourth-order valence-electron chi connectivity index (χ4n) is 3.96. The second kappa shape index (κ2) is 16.5. The van der Waals surface area contributed by atoms with Crippen molar-refractivity contribution in [1.82, 2.24) is 0 Å². The van der Waals surface area contributed by atoms with Crippen molar-refractivity contribution in [3.05, 3.63) is 144 Å². The summed E-state index contributed by atoms with van der Waals surface area (Å²) in [4.78, 5) is 0. The molecule has 0 spiro atoms. The van der Waals surface area contributed by atoms with Crippen LogP contribution in [0.4, 0.5) is 0 Å². The number of benzene rings is 4. The van der Waals surface area contributed by atoms with Crippen LogP contribution in [0.2, 0.25) is 0 Å². The maximum atomic E-state index is 10.5. The number of methoxy groups -OCH3 is 2. The summed E-state index contributed by atoms with van der Waals surface area (Å²) < 4.78 is 21.1. The molecule has 0 fully saturated rings. The minimum absolute atomic E-state index is 0.142. The first-order valence-corrected chi connectivity index (χ1v) is 12.4. The van der Waals surface area contributed by atoms with Gasteiger partial charge in [-0.25, -0.2) is 0 Å². The van der Waals surface area contributed by atoms with E-state index in [-0.39, 0.29) is 13.6 Å². The summed E-state index contributed by atoms with van der Waals surface area (Å²) in [6.07, 6.45) is -2.33. The van der Waals surface area contributed by atoms with E-state index >= 15 is 0 Å². The first-order valence-electron chi connectivity index (χ1n) is 12.4. The molecule has 4 atom stereocenters. The lowest BCUT2D eigenvalue weighted by molar-refractivity contribution is -0.116. The van der Waals surface area contributed by atoms with Crippen LogP contribution in [0.3, 0.4) is 0 Å². The van der Waals surface area contributed by atoms with Gasteiger partial charge in [0.15, 0.2) is 0 Å². The maximum absolute atomic E-state index is 10.5. The molecule has 6 nitrogen and oxygen atoms in total. The lowest BCUT2D eigenvalue weighted by Crippen LogP contribution is -2.15. The topological polar surface area (TPSA) is 77.4 Å². The quantitative estimate of drug-likeness (QED) is 0.220. The highest BCUT2D eigenvalue weighted by molar-refractivity contribution is 5.26. The van der Waals surface area contributed by atoms with E-state index in [2.05, 4.69) is 0 Å². The third-order valence-electron chi connectivity index (χ3n) is 5.84. The summed E-state index contributed by atoms with van der Waals surface area (Å²) in [5.74, 6) is 0. The molecule has 4 aromatic carbocycles. The average molecular weight is 517 g/mol. The summed E-state index contributed by atoms with van der Waals surface area (Å²) in [5, 5.41) is 21.0. The van der Waals surface area contributed by atoms with Gasteiger partial charge in [-0.05, 0) is 22.3 Å². The molecule has 0 saturated heterocycles. The molecule has 0 heterocycles. The van der Waals surface area contributed by atoms with Crippen LogP contribution in [0.1, 0.15) is 46.7 Å². The van der Waals surface area contributed by atoms with Crippen molar-refractivity contribution in [3.63, 3.8) is 0 Å². The Balaban J connectivity index is 0.000000211. The molecule has 0 unspecified atom stereocenters. The highest BCUT2D eigenvalue weighted by atomic mass is 16.7. The molecule has 0 aliphatic rings. The van der Waals surface area contributed by atoms with E-state index in [1.54, 1.807) is 14.2 Å². The van der Waals surface area contributed by atoms with Crippen LogP contribution in [-0.2, 0) is 18.9 Å². The Morgan fingerprint density at radius 2 is 0.711 bits per heavy atom. The standard InChI is InChI=1S/2C16H18O3/c2*1-18-12-19-16(14-10-6-3-7-11-14)15(17)13-8-4-2-5-9-13/h2*2-11,15-17H,12H2,1H3/t15-,16+;15-,16-/m10/s1. The Morgan fingerprint density at radius 1 is 0.447 bits per heavy atom. The average Bonchev–Trinajstić information content (AvgIpc) is 2.99. The zero-order valence-electron chi connectivity index (χ0n) is 21.8. The largest absolute Gasteiger partial charge is 0.385 e. The van der Waals surface area contributed by atoms with Crippen molar-refractivity contribution in [3.8, 4) is 0 Å². The summed E-state index contributed by atoms with van der Waals surface area (Å²) >= 11 is 0. The fourth-order valence-corrected chi connectivity index (χ4v) is 3.96. The van der Waals surface area contributed by atoms with Gasteiger partial charge in [0, 0.05) is 14.2 Å². The predicted molar refractivity (Wildman–Crippen MR) is 147 cm³/mol. The molecule has 0 aliphatic heterocycles. The first-order chi connectivity index (χ1) is 18.7. The Labute approximate surface area is 225 Å². The molecule has 0 radical (unpaired) electrons. The van der Waals surface area contributed by atoms with Crippen molar-refractivity contribution in [1.29, 1.82) is 0 Å². The van der Waals surface area contributed by atoms with Gasteiger partial charge in [-0.3, -0.25) is 0 Å². The number of hydrogen-bond acceptors (Lipinski definition) is 6. The summed E-state index contributed by atoms with van der Waals surface area (Å²) in [6.45, 7) is 0.285. The van der Waals surface area contributed by atoms with Gasteiger partial charge in [-0.2, -0.15) is 0 Å². The highest BCUT2D eigenvalue weighted by Gasteiger charge is 2.24. The van der Waals surface area contributed by atoms with E-state index in [0.717, 1.165) is 22.3 Å². The summed E-state index contributed by atoms with van der Waals surface area (Å²) in [7, 11) is 3.13. The number of rotatable bonds is 12. The Kier molecular flexibility index (Phi) is 12.7. The van der Waals surface area contributed by atoms with Gasteiger partial charge in [0.25, 0.3) is 0 Å². The van der Waals surface area contributed by atoms with Gasteiger partial charge in [0.2, 0.25) is 0 Å². The third-order valence-corrected chi connectivity index (χ3v) is 5.84. The summed E-state index contributed by atoms with van der Waals surface area (Å²) in [5.41, 5.74) is 3.51. The lowest BCUT2D eigenvalue weighted by Gasteiger charge is -2.23. The molecule has 38 heavy (non-hydrogen) atoms. The second-order valence-electron chi connectivity index (χ2n) is 8.52. The maximum Gasteiger partial charge on any atom is 0.147 e. The SMILES string of the molecule is COCO[C@@H](c1ccccc1)[C@@H](O)c1ccccc1.COCO[C@@H](c1ccccc1)[C@H](O)c1ccccc1. The van der Waals surface area contributed by atoms with Gasteiger partial charge in [0.05, 0.1) is 0 Å². The molecular weight excluding hydrogens is 480 g/mol. The van der Waals surface area contributed by atoms with E-state index in [4.69, 9.17) is 18.9 Å². The molecule has 0 saturated carbocycles. The molecular formula is C32H36O6. The van der Waals surface area contributed by atoms with Crippen molar-refractivity contribution in [2.24, 2.45) is 0 Å². The molecule has 6 heteroatoms. The first kappa shape index (κ1) is 29.2. The number of aliphatic hydroxyl groups excluding tert-OH is 2. The number of hydrogen-bond donors (Lipinski definition) is 2. The van der Waals surface area contributed by atoms with Crippen LogP contribution in [0, 0.1) is 0 Å². The third kappa shape index (κ3) is 8.89. The number of aliphatic hydroxyl groups is 2. The van der Waals surface area contributed by atoms with Crippen LogP contribution in [0.15, 0.2) is 121 Å². The second-order valence-corrected chi connectivity index (χ2v) is 8.52. The van der Waals surface area contributed by atoms with Gasteiger partial charge in [-0.15, -0.1) is 0 Å². The molecule has 0 aromatic heterocycles. The Morgan fingerprint density at radius 3 is 0.974 bits per heavy atom. The summed E-state index contributed by atoms with van der Waals surface area (Å²) in [6, 6.07) is 38.3. The van der Waals surface area contributed by atoms with Crippen LogP contribution in [0.25, 0.3) is 0 Å². The monoisotopic (exact) mass is 516 g/mol. The van der Waals surface area contributed by atoms with Crippen LogP contribution >= 0.6 is 0 Å².